The van der Waals surface area contributed by atoms with Crippen molar-refractivity contribution >= 4 is 5.91 Å². The number of aryl methyl sites for hydroxylation is 2. The molecule has 0 saturated carbocycles. The second kappa shape index (κ2) is 11.1. The third-order valence-corrected chi connectivity index (χ3v) is 7.47. The van der Waals surface area contributed by atoms with Crippen LogP contribution in [0.2, 0.25) is 0 Å². The maximum Gasteiger partial charge on any atom is 0.263 e. The highest BCUT2D eigenvalue weighted by molar-refractivity contribution is 5.81. The first kappa shape index (κ1) is 23.6. The summed E-state index contributed by atoms with van der Waals surface area (Å²) >= 11 is 0. The first-order chi connectivity index (χ1) is 17.2. The zero-order valence-corrected chi connectivity index (χ0v) is 20.7. The van der Waals surface area contributed by atoms with Gasteiger partial charge >= 0.3 is 0 Å². The number of amides is 1. The summed E-state index contributed by atoms with van der Waals surface area (Å²) in [6.07, 6.45) is 5.02. The Bertz CT molecular complexity index is 1070. The number of nitrogens with zero attached hydrogens (tertiary/aromatic N) is 2. The van der Waals surface area contributed by atoms with Gasteiger partial charge in [-0.15, -0.1) is 0 Å². The van der Waals surface area contributed by atoms with Crippen LogP contribution in [0.25, 0.3) is 0 Å². The lowest BCUT2D eigenvalue weighted by molar-refractivity contribution is -0.140. The Labute approximate surface area is 209 Å². The summed E-state index contributed by atoms with van der Waals surface area (Å²) in [4.78, 5) is 17.9. The van der Waals surface area contributed by atoms with Gasteiger partial charge in [0, 0.05) is 26.2 Å². The molecular formula is C31H36N2O2. The molecule has 1 fully saturated rings. The molecule has 0 radical (unpaired) electrons. The van der Waals surface area contributed by atoms with E-state index in [9.17, 15) is 4.79 Å². The second-order valence-corrected chi connectivity index (χ2v) is 9.74. The lowest BCUT2D eigenvalue weighted by Gasteiger charge is -2.40. The topological polar surface area (TPSA) is 32.8 Å². The number of benzene rings is 3. The van der Waals surface area contributed by atoms with Crippen molar-refractivity contribution in [2.75, 3.05) is 26.2 Å². The van der Waals surface area contributed by atoms with E-state index in [1.54, 1.807) is 0 Å². The molecule has 182 valence electrons. The zero-order chi connectivity index (χ0) is 24.0. The van der Waals surface area contributed by atoms with Crippen LogP contribution < -0.4 is 4.74 Å². The van der Waals surface area contributed by atoms with E-state index in [1.165, 1.54) is 35.1 Å². The molecule has 1 aliphatic carbocycles. The number of carbonyl (C=O) groups excluding carboxylic acids is 1. The second-order valence-electron chi connectivity index (χ2n) is 9.74. The van der Waals surface area contributed by atoms with Crippen molar-refractivity contribution < 1.29 is 9.53 Å². The van der Waals surface area contributed by atoms with E-state index in [1.807, 2.05) is 17.9 Å². The van der Waals surface area contributed by atoms with Gasteiger partial charge in [0.1, 0.15) is 5.75 Å². The quantitative estimate of drug-likeness (QED) is 0.449. The molecule has 1 atom stereocenters. The van der Waals surface area contributed by atoms with E-state index in [-0.39, 0.29) is 11.9 Å². The minimum Gasteiger partial charge on any atom is -0.481 e. The SMILES string of the molecule is CC[C@@H](Oc1ccc2c(c1)CCCC2)C(=O)N1CCN(C(c2ccccc2)c2ccccc2)CC1. The third-order valence-electron chi connectivity index (χ3n) is 7.47. The summed E-state index contributed by atoms with van der Waals surface area (Å²) in [6.45, 7) is 5.17. The minimum atomic E-state index is -0.428. The first-order valence-electron chi connectivity index (χ1n) is 13.1. The number of piperazine rings is 1. The molecule has 4 heteroatoms. The molecule has 2 aliphatic rings. The molecule has 0 bridgehead atoms. The van der Waals surface area contributed by atoms with Crippen LogP contribution in [0.3, 0.4) is 0 Å². The van der Waals surface area contributed by atoms with Gasteiger partial charge in [0.15, 0.2) is 6.10 Å². The first-order valence-corrected chi connectivity index (χ1v) is 13.1. The summed E-state index contributed by atoms with van der Waals surface area (Å²) in [6, 6.07) is 28.0. The van der Waals surface area contributed by atoms with Crippen molar-refractivity contribution in [2.24, 2.45) is 0 Å². The molecule has 1 heterocycles. The van der Waals surface area contributed by atoms with E-state index in [4.69, 9.17) is 4.74 Å². The summed E-state index contributed by atoms with van der Waals surface area (Å²) < 4.78 is 6.25. The van der Waals surface area contributed by atoms with Crippen molar-refractivity contribution in [2.45, 2.75) is 51.2 Å². The van der Waals surface area contributed by atoms with Gasteiger partial charge in [-0.3, -0.25) is 9.69 Å². The van der Waals surface area contributed by atoms with Gasteiger partial charge in [0.2, 0.25) is 0 Å². The third kappa shape index (κ3) is 5.43. The fourth-order valence-electron chi connectivity index (χ4n) is 5.54. The Balaban J connectivity index is 1.25. The Morgan fingerprint density at radius 1 is 0.800 bits per heavy atom. The van der Waals surface area contributed by atoms with Crippen LogP contribution >= 0.6 is 0 Å². The maximum atomic E-state index is 13.4. The Hall–Kier alpha value is -3.11. The molecule has 0 spiro atoms. The summed E-state index contributed by atoms with van der Waals surface area (Å²) in [7, 11) is 0. The van der Waals surface area contributed by atoms with E-state index in [2.05, 4.69) is 77.7 Å². The fraction of sp³-hybridized carbons (Fsp3) is 0.387. The number of carbonyl (C=O) groups is 1. The van der Waals surface area contributed by atoms with E-state index in [0.717, 1.165) is 44.8 Å². The number of fused-ring (bicyclic) bond motifs is 1. The molecule has 5 rings (SSSR count). The van der Waals surface area contributed by atoms with Crippen LogP contribution in [0.5, 0.6) is 5.75 Å². The molecule has 1 saturated heterocycles. The van der Waals surface area contributed by atoms with Gasteiger partial charge in [-0.25, -0.2) is 0 Å². The molecule has 0 N–H and O–H groups in total. The van der Waals surface area contributed by atoms with Crippen molar-refractivity contribution in [3.05, 3.63) is 101 Å². The van der Waals surface area contributed by atoms with Crippen LogP contribution in [0.15, 0.2) is 78.9 Å². The molecule has 35 heavy (non-hydrogen) atoms. The lowest BCUT2D eigenvalue weighted by Crippen LogP contribution is -2.53. The van der Waals surface area contributed by atoms with E-state index in [0.29, 0.717) is 6.42 Å². The Morgan fingerprint density at radius 2 is 1.40 bits per heavy atom. The molecule has 3 aromatic carbocycles. The maximum absolute atomic E-state index is 13.4. The summed E-state index contributed by atoms with van der Waals surface area (Å²) in [5.41, 5.74) is 5.41. The van der Waals surface area contributed by atoms with Gasteiger partial charge in [0.25, 0.3) is 5.91 Å². The summed E-state index contributed by atoms with van der Waals surface area (Å²) in [5, 5.41) is 0. The van der Waals surface area contributed by atoms with Crippen molar-refractivity contribution in [3.63, 3.8) is 0 Å². The molecule has 1 aliphatic heterocycles. The van der Waals surface area contributed by atoms with Crippen LogP contribution in [0, 0.1) is 0 Å². The molecule has 0 aromatic heterocycles. The number of hydrogen-bond acceptors (Lipinski definition) is 3. The molecule has 3 aromatic rings. The highest BCUT2D eigenvalue weighted by atomic mass is 16.5. The highest BCUT2D eigenvalue weighted by Crippen LogP contribution is 2.30. The van der Waals surface area contributed by atoms with Crippen LogP contribution in [0.1, 0.15) is 54.5 Å². The average molecular weight is 469 g/mol. The fourth-order valence-corrected chi connectivity index (χ4v) is 5.54. The van der Waals surface area contributed by atoms with Crippen LogP contribution in [0.4, 0.5) is 0 Å². The molecule has 0 unspecified atom stereocenters. The van der Waals surface area contributed by atoms with Gasteiger partial charge in [-0.05, 0) is 66.5 Å². The number of ether oxygens (including phenoxy) is 1. The standard InChI is InChI=1S/C31H36N2O2/c1-2-29(35-28-18-17-24-11-9-10-16-27(24)23-28)31(34)33-21-19-32(20-22-33)30(25-12-5-3-6-13-25)26-14-7-4-8-15-26/h3-8,12-15,17-18,23,29-30H,2,9-11,16,19-22H2,1H3/t29-/m1/s1. The van der Waals surface area contributed by atoms with Gasteiger partial charge < -0.3 is 9.64 Å². The predicted molar refractivity (Wildman–Crippen MR) is 141 cm³/mol. The number of hydrogen-bond donors (Lipinski definition) is 0. The highest BCUT2D eigenvalue weighted by Gasteiger charge is 2.31. The Kier molecular flexibility index (Phi) is 7.48. The van der Waals surface area contributed by atoms with Crippen LogP contribution in [-0.4, -0.2) is 48.0 Å². The van der Waals surface area contributed by atoms with E-state index < -0.39 is 6.10 Å². The largest absolute Gasteiger partial charge is 0.481 e. The zero-order valence-electron chi connectivity index (χ0n) is 20.7. The van der Waals surface area contributed by atoms with Gasteiger partial charge in [-0.1, -0.05) is 73.7 Å². The molecule has 4 nitrogen and oxygen atoms in total. The van der Waals surface area contributed by atoms with Gasteiger partial charge in [0.05, 0.1) is 6.04 Å². The lowest BCUT2D eigenvalue weighted by atomic mass is 9.92. The molecular weight excluding hydrogens is 432 g/mol. The summed E-state index contributed by atoms with van der Waals surface area (Å²) in [5.74, 6) is 0.943. The van der Waals surface area contributed by atoms with Crippen molar-refractivity contribution in [1.82, 2.24) is 9.80 Å². The van der Waals surface area contributed by atoms with Crippen molar-refractivity contribution in [3.8, 4) is 5.75 Å². The van der Waals surface area contributed by atoms with Gasteiger partial charge in [-0.2, -0.15) is 0 Å². The Morgan fingerprint density at radius 3 is 2.00 bits per heavy atom. The number of rotatable bonds is 7. The average Bonchev–Trinajstić information content (AvgIpc) is 2.93. The van der Waals surface area contributed by atoms with E-state index >= 15 is 0 Å². The predicted octanol–water partition coefficient (Wildman–Crippen LogP) is 5.66. The smallest absolute Gasteiger partial charge is 0.263 e. The van der Waals surface area contributed by atoms with Crippen molar-refractivity contribution in [1.29, 1.82) is 0 Å². The van der Waals surface area contributed by atoms with Crippen LogP contribution in [-0.2, 0) is 17.6 Å². The minimum absolute atomic E-state index is 0.112. The monoisotopic (exact) mass is 468 g/mol. The molecule has 1 amide bonds. The normalized spacial score (nSPS) is 17.1.